The van der Waals surface area contributed by atoms with Crippen LogP contribution in [0.3, 0.4) is 0 Å². The van der Waals surface area contributed by atoms with Gasteiger partial charge in [0.2, 0.25) is 5.95 Å². The number of carbonyl (C=O) groups excluding carboxylic acids is 1. The van der Waals surface area contributed by atoms with Crippen LogP contribution in [-0.4, -0.2) is 22.4 Å². The molecule has 1 heterocycles. The smallest absolute Gasteiger partial charge is 0.352 e. The van der Waals surface area contributed by atoms with Crippen molar-refractivity contribution in [2.24, 2.45) is 5.92 Å². The van der Waals surface area contributed by atoms with Crippen molar-refractivity contribution in [1.29, 1.82) is 5.26 Å². The molecule has 0 radical (unpaired) electrons. The number of carbonyl (C=O) groups is 1. The number of hydrogen-bond donors (Lipinski definition) is 2. The highest BCUT2D eigenvalue weighted by Gasteiger charge is 2.38. The molecule has 2 N–H and O–H groups in total. The van der Waals surface area contributed by atoms with Crippen LogP contribution in [0.2, 0.25) is 0 Å². The highest BCUT2D eigenvalue weighted by Crippen LogP contribution is 2.31. The summed E-state index contributed by atoms with van der Waals surface area (Å²) in [5.74, 6) is -0.820. The molecule has 1 saturated carbocycles. The Bertz CT molecular complexity index is 900. The zero-order chi connectivity index (χ0) is 20.9. The molecule has 3 rings (SSSR count). The Morgan fingerprint density at radius 2 is 1.86 bits per heavy atom. The van der Waals surface area contributed by atoms with E-state index in [1.807, 2.05) is 6.07 Å². The van der Waals surface area contributed by atoms with Gasteiger partial charge in [0.1, 0.15) is 0 Å². The summed E-state index contributed by atoms with van der Waals surface area (Å²) in [6.45, 7) is 0.349. The summed E-state index contributed by atoms with van der Waals surface area (Å²) in [7, 11) is 0. The minimum atomic E-state index is -4.80. The van der Waals surface area contributed by atoms with Gasteiger partial charge in [0, 0.05) is 18.4 Å². The first-order valence-electron chi connectivity index (χ1n) is 9.36. The first kappa shape index (κ1) is 20.6. The molecular weight excluding hydrogens is 383 g/mol. The summed E-state index contributed by atoms with van der Waals surface area (Å²) >= 11 is 0. The van der Waals surface area contributed by atoms with E-state index in [0.717, 1.165) is 38.3 Å². The van der Waals surface area contributed by atoms with E-state index in [2.05, 4.69) is 20.6 Å². The standard InChI is InChI=1S/C20H20F3N5O/c21-20(22,23)17-16(18(29)25-11-14-4-2-1-3-5-14)12-26-19(28-17)27-15-8-6-13(10-24)7-9-15/h6-9,12,14H,1-5,11H2,(H,25,29)(H,26,27,28). The molecule has 6 nitrogen and oxygen atoms in total. The summed E-state index contributed by atoms with van der Waals surface area (Å²) in [6.07, 6.45) is 1.33. The number of aromatic nitrogens is 2. The van der Waals surface area contributed by atoms with Gasteiger partial charge in [0.25, 0.3) is 5.91 Å². The Morgan fingerprint density at radius 1 is 1.17 bits per heavy atom. The number of nitrogens with one attached hydrogen (secondary N) is 2. The number of amides is 1. The normalized spacial score (nSPS) is 14.8. The Labute approximate surface area is 166 Å². The molecule has 1 amide bonds. The zero-order valence-electron chi connectivity index (χ0n) is 15.6. The number of nitriles is 1. The molecule has 0 spiro atoms. The van der Waals surface area contributed by atoms with Crippen molar-refractivity contribution in [3.63, 3.8) is 0 Å². The van der Waals surface area contributed by atoms with E-state index in [-0.39, 0.29) is 5.95 Å². The van der Waals surface area contributed by atoms with Crippen molar-refractivity contribution in [2.75, 3.05) is 11.9 Å². The lowest BCUT2D eigenvalue weighted by Gasteiger charge is -2.22. The monoisotopic (exact) mass is 403 g/mol. The number of benzene rings is 1. The molecule has 1 aliphatic rings. The van der Waals surface area contributed by atoms with E-state index < -0.39 is 23.3 Å². The molecule has 1 aromatic carbocycles. The molecule has 0 saturated heterocycles. The number of hydrogen-bond acceptors (Lipinski definition) is 5. The Balaban J connectivity index is 1.76. The van der Waals surface area contributed by atoms with Crippen LogP contribution in [-0.2, 0) is 6.18 Å². The van der Waals surface area contributed by atoms with Gasteiger partial charge in [-0.2, -0.15) is 18.4 Å². The van der Waals surface area contributed by atoms with Crippen molar-refractivity contribution in [3.05, 3.63) is 47.3 Å². The maximum atomic E-state index is 13.5. The Kier molecular flexibility index (Phi) is 6.32. The molecule has 1 aromatic heterocycles. The molecule has 152 valence electrons. The fourth-order valence-electron chi connectivity index (χ4n) is 3.31. The van der Waals surface area contributed by atoms with E-state index >= 15 is 0 Å². The predicted octanol–water partition coefficient (Wildman–Crippen LogP) is 4.42. The summed E-state index contributed by atoms with van der Waals surface area (Å²) < 4.78 is 40.5. The lowest BCUT2D eigenvalue weighted by molar-refractivity contribution is -0.141. The molecule has 9 heteroatoms. The van der Waals surface area contributed by atoms with Crippen LogP contribution < -0.4 is 10.6 Å². The van der Waals surface area contributed by atoms with Gasteiger partial charge in [-0.25, -0.2) is 9.97 Å². The van der Waals surface area contributed by atoms with Crippen LogP contribution in [0.25, 0.3) is 0 Å². The highest BCUT2D eigenvalue weighted by atomic mass is 19.4. The van der Waals surface area contributed by atoms with E-state index in [0.29, 0.717) is 23.7 Å². The van der Waals surface area contributed by atoms with E-state index in [1.54, 1.807) is 0 Å². The average molecular weight is 403 g/mol. The number of anilines is 2. The lowest BCUT2D eigenvalue weighted by atomic mass is 9.89. The molecule has 0 aliphatic heterocycles. The van der Waals surface area contributed by atoms with Crippen LogP contribution in [0.4, 0.5) is 24.8 Å². The second-order valence-corrected chi connectivity index (χ2v) is 6.98. The summed E-state index contributed by atoms with van der Waals surface area (Å²) in [6, 6.07) is 8.03. The van der Waals surface area contributed by atoms with Crippen LogP contribution in [0.5, 0.6) is 0 Å². The van der Waals surface area contributed by atoms with Crippen LogP contribution >= 0.6 is 0 Å². The van der Waals surface area contributed by atoms with Crippen molar-refractivity contribution < 1.29 is 18.0 Å². The third-order valence-electron chi connectivity index (χ3n) is 4.85. The fourth-order valence-corrected chi connectivity index (χ4v) is 3.31. The van der Waals surface area contributed by atoms with Crippen molar-refractivity contribution in [2.45, 2.75) is 38.3 Å². The van der Waals surface area contributed by atoms with Gasteiger partial charge in [-0.05, 0) is 43.0 Å². The van der Waals surface area contributed by atoms with Gasteiger partial charge in [-0.3, -0.25) is 4.79 Å². The molecule has 1 aliphatic carbocycles. The van der Waals surface area contributed by atoms with Crippen molar-refractivity contribution >= 4 is 17.5 Å². The molecule has 2 aromatic rings. The average Bonchev–Trinajstić information content (AvgIpc) is 2.72. The number of nitrogens with zero attached hydrogens (tertiary/aromatic N) is 3. The third kappa shape index (κ3) is 5.44. The zero-order valence-corrected chi connectivity index (χ0v) is 15.6. The SMILES string of the molecule is N#Cc1ccc(Nc2ncc(C(=O)NCC3CCCCC3)c(C(F)(F)F)n2)cc1. The second-order valence-electron chi connectivity index (χ2n) is 6.98. The number of halogens is 3. The van der Waals surface area contributed by atoms with Gasteiger partial charge >= 0.3 is 6.18 Å². The first-order valence-corrected chi connectivity index (χ1v) is 9.36. The molecule has 1 fully saturated rings. The lowest BCUT2D eigenvalue weighted by Crippen LogP contribution is -2.32. The third-order valence-corrected chi connectivity index (χ3v) is 4.85. The number of rotatable bonds is 5. The van der Waals surface area contributed by atoms with E-state index in [4.69, 9.17) is 5.26 Å². The number of alkyl halides is 3. The van der Waals surface area contributed by atoms with E-state index in [1.165, 1.54) is 24.3 Å². The largest absolute Gasteiger partial charge is 0.434 e. The molecule has 29 heavy (non-hydrogen) atoms. The summed E-state index contributed by atoms with van der Waals surface area (Å²) in [4.78, 5) is 19.7. The maximum Gasteiger partial charge on any atom is 0.434 e. The Morgan fingerprint density at radius 3 is 2.48 bits per heavy atom. The molecule has 0 atom stereocenters. The van der Waals surface area contributed by atoms with Crippen LogP contribution in [0.1, 0.15) is 53.7 Å². The Hall–Kier alpha value is -3.15. The molecule has 0 unspecified atom stereocenters. The van der Waals surface area contributed by atoms with Crippen molar-refractivity contribution in [3.8, 4) is 6.07 Å². The van der Waals surface area contributed by atoms with Crippen molar-refractivity contribution in [1.82, 2.24) is 15.3 Å². The minimum absolute atomic E-state index is 0.286. The van der Waals surface area contributed by atoms with Crippen LogP contribution in [0.15, 0.2) is 30.5 Å². The van der Waals surface area contributed by atoms with Gasteiger partial charge in [0.05, 0.1) is 17.2 Å². The van der Waals surface area contributed by atoms with Gasteiger partial charge in [0.15, 0.2) is 5.69 Å². The molecular formula is C20H20F3N5O. The summed E-state index contributed by atoms with van der Waals surface area (Å²) in [5, 5.41) is 14.0. The minimum Gasteiger partial charge on any atom is -0.352 e. The van der Waals surface area contributed by atoms with Gasteiger partial charge in [-0.1, -0.05) is 19.3 Å². The summed E-state index contributed by atoms with van der Waals surface area (Å²) in [5.41, 5.74) is -1.05. The fraction of sp³-hybridized carbons (Fsp3) is 0.400. The van der Waals surface area contributed by atoms with Gasteiger partial charge < -0.3 is 10.6 Å². The quantitative estimate of drug-likeness (QED) is 0.771. The highest BCUT2D eigenvalue weighted by molar-refractivity contribution is 5.95. The first-order chi connectivity index (χ1) is 13.9. The predicted molar refractivity (Wildman–Crippen MR) is 100 cm³/mol. The second kappa shape index (κ2) is 8.90. The maximum absolute atomic E-state index is 13.5. The van der Waals surface area contributed by atoms with Gasteiger partial charge in [-0.15, -0.1) is 0 Å². The topological polar surface area (TPSA) is 90.7 Å². The van der Waals surface area contributed by atoms with E-state index in [9.17, 15) is 18.0 Å². The molecule has 0 bridgehead atoms. The van der Waals surface area contributed by atoms with Crippen LogP contribution in [0, 0.1) is 17.2 Å².